The maximum absolute atomic E-state index is 10.8. The molecular formula is C13H16ClN3O3. The van der Waals surface area contributed by atoms with Crippen molar-refractivity contribution in [2.45, 2.75) is 25.3 Å². The number of hydrogen-bond acceptors (Lipinski definition) is 4. The fourth-order valence-corrected chi connectivity index (χ4v) is 2.14. The number of benzene rings is 1. The quantitative estimate of drug-likeness (QED) is 0.527. The maximum atomic E-state index is 10.8. The molecule has 1 saturated heterocycles. The molecule has 1 heterocycles. The number of hydrogen-bond donors (Lipinski definition) is 1. The molecule has 1 aliphatic heterocycles. The molecule has 0 aliphatic carbocycles. The molecule has 2 rings (SSSR count). The van der Waals surface area contributed by atoms with Crippen molar-refractivity contribution in [1.82, 2.24) is 5.32 Å². The van der Waals surface area contributed by atoms with Crippen LogP contribution in [0.3, 0.4) is 0 Å². The first-order valence-electron chi connectivity index (χ1n) is 6.23. The first-order valence-corrected chi connectivity index (χ1v) is 6.23. The molecule has 0 bridgehead atoms. The van der Waals surface area contributed by atoms with Crippen molar-refractivity contribution in [2.24, 2.45) is 0 Å². The lowest BCUT2D eigenvalue weighted by atomic mass is 10.1. The molecule has 1 aromatic carbocycles. The number of ether oxygens (including phenoxy) is 1. The monoisotopic (exact) mass is 297 g/mol. The van der Waals surface area contributed by atoms with Gasteiger partial charge in [0.15, 0.2) is 0 Å². The molecule has 1 unspecified atom stereocenters. The lowest BCUT2D eigenvalue weighted by Gasteiger charge is -2.23. The van der Waals surface area contributed by atoms with E-state index in [0.29, 0.717) is 6.61 Å². The normalized spacial score (nSPS) is 17.6. The van der Waals surface area contributed by atoms with Gasteiger partial charge in [-0.25, -0.2) is 4.85 Å². The Kier molecular flexibility index (Phi) is 6.22. The lowest BCUT2D eigenvalue weighted by Crippen LogP contribution is -2.38. The van der Waals surface area contributed by atoms with Crippen molar-refractivity contribution in [3.63, 3.8) is 0 Å². The predicted octanol–water partition coefficient (Wildman–Crippen LogP) is 3.09. The zero-order valence-electron chi connectivity index (χ0n) is 10.9. The smallest absolute Gasteiger partial charge is 0.303 e. The minimum Gasteiger partial charge on any atom is -0.503 e. The van der Waals surface area contributed by atoms with Crippen molar-refractivity contribution < 1.29 is 9.66 Å². The van der Waals surface area contributed by atoms with E-state index < -0.39 is 4.92 Å². The van der Waals surface area contributed by atoms with E-state index in [4.69, 9.17) is 11.3 Å². The number of nitro benzene ring substituents is 1. The van der Waals surface area contributed by atoms with Crippen molar-refractivity contribution in [2.75, 3.05) is 13.2 Å². The molecule has 1 N–H and O–H groups in total. The van der Waals surface area contributed by atoms with Gasteiger partial charge in [-0.2, -0.15) is 0 Å². The van der Waals surface area contributed by atoms with Crippen LogP contribution in [0.15, 0.2) is 18.2 Å². The average molecular weight is 298 g/mol. The van der Waals surface area contributed by atoms with E-state index in [1.54, 1.807) is 6.07 Å². The van der Waals surface area contributed by atoms with Gasteiger partial charge in [-0.1, -0.05) is 12.5 Å². The van der Waals surface area contributed by atoms with Gasteiger partial charge in [0.1, 0.15) is 12.4 Å². The van der Waals surface area contributed by atoms with Crippen LogP contribution in [-0.4, -0.2) is 24.1 Å². The molecule has 1 aliphatic rings. The standard InChI is InChI=1S/C13H15N3O3.ClH/c1-14-13-11(16(17)18)6-4-7-12(13)19-9-10-5-2-3-8-15-10;/h4,6-7,10,15H,2-3,5,8-9H2;1H. The Balaban J connectivity index is 0.00000200. The number of nitrogens with zero attached hydrogens (tertiary/aromatic N) is 2. The van der Waals surface area contributed by atoms with E-state index in [1.165, 1.54) is 18.6 Å². The van der Waals surface area contributed by atoms with Gasteiger partial charge in [-0.15, -0.1) is 12.4 Å². The minimum absolute atomic E-state index is 0. The third kappa shape index (κ3) is 3.83. The van der Waals surface area contributed by atoms with Crippen LogP contribution < -0.4 is 10.1 Å². The van der Waals surface area contributed by atoms with Gasteiger partial charge >= 0.3 is 5.69 Å². The number of piperidine rings is 1. The lowest BCUT2D eigenvalue weighted by molar-refractivity contribution is -0.383. The van der Waals surface area contributed by atoms with Gasteiger partial charge in [-0.05, 0) is 25.5 Å². The van der Waals surface area contributed by atoms with Crippen LogP contribution in [-0.2, 0) is 0 Å². The molecule has 20 heavy (non-hydrogen) atoms. The van der Waals surface area contributed by atoms with Crippen molar-refractivity contribution in [1.29, 1.82) is 0 Å². The van der Waals surface area contributed by atoms with Crippen LogP contribution in [0.2, 0.25) is 0 Å². The molecule has 0 radical (unpaired) electrons. The first kappa shape index (κ1) is 16.2. The second-order valence-electron chi connectivity index (χ2n) is 4.45. The molecule has 108 valence electrons. The third-order valence-corrected chi connectivity index (χ3v) is 3.14. The molecule has 1 fully saturated rings. The fraction of sp³-hybridized carbons (Fsp3) is 0.462. The number of para-hydroxylation sites is 1. The Bertz CT molecular complexity index is 510. The zero-order chi connectivity index (χ0) is 13.7. The summed E-state index contributed by atoms with van der Waals surface area (Å²) in [5.41, 5.74) is -0.229. The summed E-state index contributed by atoms with van der Waals surface area (Å²) in [6.45, 7) is 8.47. The van der Waals surface area contributed by atoms with E-state index in [9.17, 15) is 10.1 Å². The highest BCUT2D eigenvalue weighted by molar-refractivity contribution is 5.85. The van der Waals surface area contributed by atoms with Crippen molar-refractivity contribution in [3.05, 3.63) is 39.7 Å². The number of rotatable bonds is 4. The summed E-state index contributed by atoms with van der Waals surface area (Å²) in [4.78, 5) is 13.5. The van der Waals surface area contributed by atoms with E-state index in [1.807, 2.05) is 0 Å². The summed E-state index contributed by atoms with van der Waals surface area (Å²) >= 11 is 0. The van der Waals surface area contributed by atoms with E-state index in [0.717, 1.165) is 19.4 Å². The molecular weight excluding hydrogens is 282 g/mol. The van der Waals surface area contributed by atoms with Gasteiger partial charge in [0.25, 0.3) is 5.69 Å². The van der Waals surface area contributed by atoms with Crippen molar-refractivity contribution in [3.8, 4) is 5.75 Å². The van der Waals surface area contributed by atoms with Crippen molar-refractivity contribution >= 4 is 23.8 Å². The van der Waals surface area contributed by atoms with Gasteiger partial charge in [0.2, 0.25) is 0 Å². The second kappa shape index (κ2) is 7.68. The molecule has 1 atom stereocenters. The molecule has 0 saturated carbocycles. The molecule has 1 aromatic rings. The Morgan fingerprint density at radius 2 is 2.30 bits per heavy atom. The van der Waals surface area contributed by atoms with E-state index in [2.05, 4.69) is 10.2 Å². The SMILES string of the molecule is Cl.[C-]#[N+]c1c(OCC2CCCCN2)cccc1[N+](=O)[O-]. The van der Waals surface area contributed by atoms with Gasteiger partial charge in [0, 0.05) is 12.1 Å². The Morgan fingerprint density at radius 1 is 1.50 bits per heavy atom. The summed E-state index contributed by atoms with van der Waals surface area (Å²) in [6, 6.07) is 4.71. The molecule has 0 aromatic heterocycles. The summed E-state index contributed by atoms with van der Waals surface area (Å²) in [6.07, 6.45) is 3.36. The van der Waals surface area contributed by atoms with E-state index >= 15 is 0 Å². The van der Waals surface area contributed by atoms with E-state index in [-0.39, 0.29) is 35.6 Å². The predicted molar refractivity (Wildman–Crippen MR) is 77.7 cm³/mol. The Labute approximate surface area is 123 Å². The minimum atomic E-state index is -0.556. The summed E-state index contributed by atoms with van der Waals surface area (Å²) < 4.78 is 5.58. The number of halogens is 1. The van der Waals surface area contributed by atoms with Crippen LogP contribution >= 0.6 is 12.4 Å². The molecule has 0 amide bonds. The number of nitro groups is 1. The highest BCUT2D eigenvalue weighted by Crippen LogP contribution is 2.36. The molecule has 6 nitrogen and oxygen atoms in total. The number of nitrogens with one attached hydrogen (secondary N) is 1. The summed E-state index contributed by atoms with van der Waals surface area (Å²) in [5, 5.41) is 14.2. The Hall–Kier alpha value is -1.84. The highest BCUT2D eigenvalue weighted by atomic mass is 35.5. The van der Waals surface area contributed by atoms with Crippen LogP contribution in [0.1, 0.15) is 19.3 Å². The summed E-state index contributed by atoms with van der Waals surface area (Å²) in [7, 11) is 0. The largest absolute Gasteiger partial charge is 0.503 e. The van der Waals surface area contributed by atoms with Crippen LogP contribution in [0.5, 0.6) is 5.75 Å². The maximum Gasteiger partial charge on any atom is 0.303 e. The molecule has 7 heteroatoms. The topological polar surface area (TPSA) is 68.8 Å². The average Bonchev–Trinajstić information content (AvgIpc) is 2.45. The third-order valence-electron chi connectivity index (χ3n) is 3.14. The highest BCUT2D eigenvalue weighted by Gasteiger charge is 2.20. The fourth-order valence-electron chi connectivity index (χ4n) is 2.14. The van der Waals surface area contributed by atoms with Crippen LogP contribution in [0, 0.1) is 16.7 Å². The first-order chi connectivity index (χ1) is 9.22. The van der Waals surface area contributed by atoms with Gasteiger partial charge in [0.05, 0.1) is 11.5 Å². The Morgan fingerprint density at radius 3 is 2.90 bits per heavy atom. The zero-order valence-corrected chi connectivity index (χ0v) is 11.7. The summed E-state index contributed by atoms with van der Waals surface area (Å²) in [5.74, 6) is 0.288. The van der Waals surface area contributed by atoms with Gasteiger partial charge in [-0.3, -0.25) is 10.1 Å². The van der Waals surface area contributed by atoms with Crippen LogP contribution in [0.25, 0.3) is 4.85 Å². The molecule has 0 spiro atoms. The van der Waals surface area contributed by atoms with Crippen LogP contribution in [0.4, 0.5) is 11.4 Å². The second-order valence-corrected chi connectivity index (χ2v) is 4.45. The van der Waals surface area contributed by atoms with Gasteiger partial charge < -0.3 is 10.1 Å².